The number of hydrogen-bond donors (Lipinski definition) is 0. The van der Waals surface area contributed by atoms with E-state index in [9.17, 15) is 0 Å². The fourth-order valence-corrected chi connectivity index (χ4v) is 2.25. The van der Waals surface area contributed by atoms with Crippen molar-refractivity contribution < 1.29 is 4.52 Å². The minimum absolute atomic E-state index is 0.480. The van der Waals surface area contributed by atoms with Gasteiger partial charge in [-0.1, -0.05) is 36.4 Å². The molecule has 1 aromatic rings. The predicted octanol–water partition coefficient (Wildman–Crippen LogP) is 3.93. The van der Waals surface area contributed by atoms with Crippen LogP contribution in [-0.4, -0.2) is 6.61 Å². The van der Waals surface area contributed by atoms with Gasteiger partial charge in [0.15, 0.2) is 0 Å². The van der Waals surface area contributed by atoms with Crippen molar-refractivity contribution in [2.45, 2.75) is 19.0 Å². The van der Waals surface area contributed by atoms with E-state index in [-0.39, 0.29) is 0 Å². The molecule has 1 nitrogen and oxygen atoms in total. The average molecular weight is 208 g/mol. The molecule has 2 atom stereocenters. The molecule has 0 fully saturated rings. The fraction of sp³-hybridized carbons (Fsp3) is 0.333. The molecule has 0 heterocycles. The van der Waals surface area contributed by atoms with Crippen LogP contribution < -0.4 is 0 Å². The van der Waals surface area contributed by atoms with Crippen molar-refractivity contribution in [3.63, 3.8) is 0 Å². The highest BCUT2D eigenvalue weighted by molar-refractivity contribution is 7.32. The van der Waals surface area contributed by atoms with E-state index in [1.807, 2.05) is 19.1 Å². The van der Waals surface area contributed by atoms with Gasteiger partial charge in [0.2, 0.25) is 0 Å². The topological polar surface area (TPSA) is 9.23 Å². The van der Waals surface area contributed by atoms with Gasteiger partial charge >= 0.3 is 0 Å². The third-order valence-corrected chi connectivity index (χ3v) is 3.28. The molecular weight excluding hydrogens is 191 g/mol. The number of hydrogen-bond acceptors (Lipinski definition) is 1. The first-order valence-electron chi connectivity index (χ1n) is 4.91. The molecule has 0 amide bonds. The molecule has 0 aromatic heterocycles. The lowest BCUT2D eigenvalue weighted by Gasteiger charge is -2.14. The summed E-state index contributed by atoms with van der Waals surface area (Å²) >= 11 is 0. The summed E-state index contributed by atoms with van der Waals surface area (Å²) in [7, 11) is 0.536. The summed E-state index contributed by atoms with van der Waals surface area (Å²) in [6, 6.07) is 10.5. The Morgan fingerprint density at radius 3 is 2.71 bits per heavy atom. The summed E-state index contributed by atoms with van der Waals surface area (Å²) in [5, 5.41) is 0. The number of rotatable bonds is 6. The molecule has 0 saturated heterocycles. The largest absolute Gasteiger partial charge is 0.362 e. The monoisotopic (exact) mass is 208 g/mol. The second-order valence-corrected chi connectivity index (χ2v) is 4.26. The zero-order valence-electron chi connectivity index (χ0n) is 8.57. The van der Waals surface area contributed by atoms with Crippen molar-refractivity contribution in [1.29, 1.82) is 0 Å². The lowest BCUT2D eigenvalue weighted by molar-refractivity contribution is 0.384. The molecular formula is C12H17OP. The van der Waals surface area contributed by atoms with Gasteiger partial charge in [-0.3, -0.25) is 0 Å². The molecule has 2 unspecified atom stereocenters. The first-order valence-corrected chi connectivity index (χ1v) is 5.90. The first kappa shape index (κ1) is 11.4. The highest BCUT2D eigenvalue weighted by Gasteiger charge is 2.08. The summed E-state index contributed by atoms with van der Waals surface area (Å²) in [4.78, 5) is 0. The van der Waals surface area contributed by atoms with Gasteiger partial charge in [-0.2, -0.15) is 0 Å². The smallest absolute Gasteiger partial charge is 0.0477 e. The van der Waals surface area contributed by atoms with Crippen LogP contribution in [0.4, 0.5) is 0 Å². The van der Waals surface area contributed by atoms with Crippen molar-refractivity contribution in [2.24, 2.45) is 0 Å². The van der Waals surface area contributed by atoms with Gasteiger partial charge in [-0.25, -0.2) is 0 Å². The minimum atomic E-state index is 0.480. The average Bonchev–Trinajstić information content (AvgIpc) is 2.25. The summed E-state index contributed by atoms with van der Waals surface area (Å²) in [5.74, 6) is 0. The second-order valence-electron chi connectivity index (χ2n) is 3.04. The van der Waals surface area contributed by atoms with Gasteiger partial charge in [0.25, 0.3) is 0 Å². The number of benzene rings is 1. The van der Waals surface area contributed by atoms with Gasteiger partial charge in [0, 0.05) is 21.1 Å². The van der Waals surface area contributed by atoms with E-state index in [1.165, 1.54) is 5.56 Å². The van der Waals surface area contributed by atoms with Gasteiger partial charge in [-0.05, 0) is 18.9 Å². The first-order chi connectivity index (χ1) is 6.88. The van der Waals surface area contributed by atoms with Crippen molar-refractivity contribution >= 4 is 8.81 Å². The fourth-order valence-electron chi connectivity index (χ4n) is 1.29. The second kappa shape index (κ2) is 6.75. The third kappa shape index (κ3) is 3.61. The molecule has 0 N–H and O–H groups in total. The maximum absolute atomic E-state index is 5.48. The quantitative estimate of drug-likeness (QED) is 0.508. The van der Waals surface area contributed by atoms with Crippen LogP contribution >= 0.6 is 8.81 Å². The van der Waals surface area contributed by atoms with Crippen molar-refractivity contribution in [3.05, 3.63) is 48.6 Å². The lowest BCUT2D eigenvalue weighted by Crippen LogP contribution is -1.91. The molecule has 0 aliphatic rings. The Labute approximate surface area is 88.0 Å². The zero-order valence-corrected chi connectivity index (χ0v) is 9.57. The summed E-state index contributed by atoms with van der Waals surface area (Å²) in [5.41, 5.74) is 1.83. The zero-order chi connectivity index (χ0) is 10.2. The normalized spacial score (nSPS) is 13.2. The van der Waals surface area contributed by atoms with Crippen LogP contribution in [0.25, 0.3) is 0 Å². The Morgan fingerprint density at radius 1 is 1.43 bits per heavy atom. The lowest BCUT2D eigenvalue weighted by atomic mass is 10.1. The van der Waals surface area contributed by atoms with E-state index in [0.717, 1.165) is 13.0 Å². The van der Waals surface area contributed by atoms with Crippen LogP contribution in [0.3, 0.4) is 0 Å². The molecule has 0 aliphatic heterocycles. The molecule has 0 bridgehead atoms. The van der Waals surface area contributed by atoms with E-state index < -0.39 is 0 Å². The molecule has 2 heteroatoms. The highest BCUT2D eigenvalue weighted by atomic mass is 31.1. The maximum Gasteiger partial charge on any atom is 0.0477 e. The van der Waals surface area contributed by atoms with E-state index >= 15 is 0 Å². The Hall–Kier alpha value is -0.650. The van der Waals surface area contributed by atoms with Crippen molar-refractivity contribution in [1.82, 2.24) is 0 Å². The van der Waals surface area contributed by atoms with Crippen LogP contribution in [0, 0.1) is 0 Å². The maximum atomic E-state index is 5.48. The molecule has 0 saturated carbocycles. The highest BCUT2D eigenvalue weighted by Crippen LogP contribution is 2.38. The molecule has 14 heavy (non-hydrogen) atoms. The Balaban J connectivity index is 2.62. The molecule has 76 valence electrons. The van der Waals surface area contributed by atoms with E-state index in [4.69, 9.17) is 4.52 Å². The molecule has 0 radical (unpaired) electrons. The van der Waals surface area contributed by atoms with E-state index in [1.54, 1.807) is 0 Å². The van der Waals surface area contributed by atoms with E-state index in [2.05, 4.69) is 30.8 Å². The minimum Gasteiger partial charge on any atom is -0.362 e. The molecule has 1 aromatic carbocycles. The molecule has 0 aliphatic carbocycles. The SMILES string of the molecule is C=CCC(POCC)c1ccccc1. The van der Waals surface area contributed by atoms with Crippen molar-refractivity contribution in [3.8, 4) is 0 Å². The van der Waals surface area contributed by atoms with Crippen LogP contribution in [-0.2, 0) is 4.52 Å². The third-order valence-electron chi connectivity index (χ3n) is 1.97. The van der Waals surface area contributed by atoms with Crippen LogP contribution in [0.1, 0.15) is 24.6 Å². The van der Waals surface area contributed by atoms with Crippen LogP contribution in [0.2, 0.25) is 0 Å². The van der Waals surface area contributed by atoms with Crippen LogP contribution in [0.15, 0.2) is 43.0 Å². The summed E-state index contributed by atoms with van der Waals surface area (Å²) in [6.07, 6.45) is 2.95. The predicted molar refractivity (Wildman–Crippen MR) is 63.9 cm³/mol. The van der Waals surface area contributed by atoms with Crippen LogP contribution in [0.5, 0.6) is 0 Å². The van der Waals surface area contributed by atoms with Gasteiger partial charge in [-0.15, -0.1) is 6.58 Å². The number of allylic oxidation sites excluding steroid dienone is 1. The standard InChI is InChI=1S/C12H17OP/c1-3-8-12(14-13-4-2)11-9-6-5-7-10-11/h3,5-7,9-10,12,14H,1,4,8H2,2H3. The van der Waals surface area contributed by atoms with Crippen molar-refractivity contribution in [2.75, 3.05) is 6.61 Å². The molecule has 0 spiro atoms. The summed E-state index contributed by atoms with van der Waals surface area (Å²) < 4.78 is 5.48. The summed E-state index contributed by atoms with van der Waals surface area (Å²) in [6.45, 7) is 6.60. The van der Waals surface area contributed by atoms with Gasteiger partial charge in [0.05, 0.1) is 0 Å². The van der Waals surface area contributed by atoms with Gasteiger partial charge < -0.3 is 4.52 Å². The van der Waals surface area contributed by atoms with E-state index in [0.29, 0.717) is 14.5 Å². The Bertz CT molecular complexity index is 258. The Morgan fingerprint density at radius 2 is 2.14 bits per heavy atom. The van der Waals surface area contributed by atoms with Gasteiger partial charge in [0.1, 0.15) is 0 Å². The molecule has 1 rings (SSSR count). The Kier molecular flexibility index (Phi) is 5.51.